The first-order chi connectivity index (χ1) is 13.6. The van der Waals surface area contributed by atoms with Gasteiger partial charge in [-0.1, -0.05) is 54.1 Å². The fraction of sp³-hybridized carbons (Fsp3) is 0.273. The van der Waals surface area contributed by atoms with Gasteiger partial charge in [-0.05, 0) is 44.8 Å². The zero-order valence-corrected chi connectivity index (χ0v) is 17.1. The molecule has 0 atom stereocenters. The van der Waals surface area contributed by atoms with Gasteiger partial charge in [0.25, 0.3) is 0 Å². The van der Waals surface area contributed by atoms with E-state index in [4.69, 9.17) is 16.6 Å². The first-order valence-electron chi connectivity index (χ1n) is 9.41. The Bertz CT molecular complexity index is 866. The molecule has 0 aliphatic rings. The van der Waals surface area contributed by atoms with Crippen LogP contribution < -0.4 is 10.6 Å². The van der Waals surface area contributed by atoms with Crippen LogP contribution in [0.25, 0.3) is 11.3 Å². The number of rotatable bonds is 9. The highest BCUT2D eigenvalue weighted by Gasteiger charge is 2.07. The van der Waals surface area contributed by atoms with E-state index in [2.05, 4.69) is 46.7 Å². The number of benzene rings is 2. The van der Waals surface area contributed by atoms with Gasteiger partial charge in [0.15, 0.2) is 0 Å². The maximum atomic E-state index is 5.97. The van der Waals surface area contributed by atoms with E-state index in [9.17, 15) is 0 Å². The van der Waals surface area contributed by atoms with Gasteiger partial charge in [-0.3, -0.25) is 0 Å². The van der Waals surface area contributed by atoms with Gasteiger partial charge < -0.3 is 15.5 Å². The fourth-order valence-electron chi connectivity index (χ4n) is 2.76. The largest absolute Gasteiger partial charge is 0.366 e. The summed E-state index contributed by atoms with van der Waals surface area (Å²) in [6.07, 6.45) is 1.03. The highest BCUT2D eigenvalue weighted by Crippen LogP contribution is 2.22. The maximum absolute atomic E-state index is 5.97. The van der Waals surface area contributed by atoms with Crippen LogP contribution in [-0.2, 0) is 6.54 Å². The lowest BCUT2D eigenvalue weighted by molar-refractivity contribution is 0.405. The Balaban J connectivity index is 1.75. The molecule has 0 unspecified atom stereocenters. The molecule has 146 valence electrons. The van der Waals surface area contributed by atoms with E-state index in [1.54, 1.807) is 0 Å². The highest BCUT2D eigenvalue weighted by molar-refractivity contribution is 6.30. The van der Waals surface area contributed by atoms with Crippen LogP contribution in [0.1, 0.15) is 12.0 Å². The third kappa shape index (κ3) is 6.22. The summed E-state index contributed by atoms with van der Waals surface area (Å²) in [5.41, 5.74) is 3.10. The minimum atomic E-state index is 0.638. The summed E-state index contributed by atoms with van der Waals surface area (Å²) in [5, 5.41) is 7.48. The van der Waals surface area contributed by atoms with Crippen molar-refractivity contribution in [1.82, 2.24) is 14.9 Å². The minimum absolute atomic E-state index is 0.638. The summed E-state index contributed by atoms with van der Waals surface area (Å²) in [5.74, 6) is 1.43. The molecule has 3 aromatic rings. The van der Waals surface area contributed by atoms with Gasteiger partial charge in [-0.2, -0.15) is 4.98 Å². The molecule has 0 amide bonds. The van der Waals surface area contributed by atoms with E-state index < -0.39 is 0 Å². The summed E-state index contributed by atoms with van der Waals surface area (Å²) in [6, 6.07) is 19.9. The van der Waals surface area contributed by atoms with E-state index in [-0.39, 0.29) is 0 Å². The normalized spacial score (nSPS) is 10.9. The lowest BCUT2D eigenvalue weighted by atomic mass is 10.1. The molecular weight excluding hydrogens is 370 g/mol. The number of nitrogens with one attached hydrogen (secondary N) is 2. The number of nitrogens with zero attached hydrogens (tertiary/aromatic N) is 3. The zero-order valence-electron chi connectivity index (χ0n) is 16.3. The molecule has 3 rings (SSSR count). The van der Waals surface area contributed by atoms with E-state index in [0.717, 1.165) is 47.2 Å². The van der Waals surface area contributed by atoms with Gasteiger partial charge in [0.05, 0.1) is 5.69 Å². The van der Waals surface area contributed by atoms with Gasteiger partial charge >= 0.3 is 0 Å². The van der Waals surface area contributed by atoms with Crippen LogP contribution in [-0.4, -0.2) is 42.1 Å². The van der Waals surface area contributed by atoms with Crippen LogP contribution in [0.3, 0.4) is 0 Å². The Kier molecular flexibility index (Phi) is 7.23. The molecule has 28 heavy (non-hydrogen) atoms. The summed E-state index contributed by atoms with van der Waals surface area (Å²) in [4.78, 5) is 11.5. The third-order valence-corrected chi connectivity index (χ3v) is 4.50. The van der Waals surface area contributed by atoms with Gasteiger partial charge in [-0.25, -0.2) is 4.98 Å². The maximum Gasteiger partial charge on any atom is 0.225 e. The summed E-state index contributed by atoms with van der Waals surface area (Å²) < 4.78 is 0. The predicted octanol–water partition coefficient (Wildman–Crippen LogP) is 4.77. The molecule has 0 bridgehead atoms. The van der Waals surface area contributed by atoms with Crippen LogP contribution in [0.15, 0.2) is 60.7 Å². The molecule has 5 nitrogen and oxygen atoms in total. The number of hydrogen-bond acceptors (Lipinski definition) is 5. The van der Waals surface area contributed by atoms with Gasteiger partial charge in [0.2, 0.25) is 5.95 Å². The summed E-state index contributed by atoms with van der Waals surface area (Å²) in [6.45, 7) is 2.52. The van der Waals surface area contributed by atoms with Crippen LogP contribution >= 0.6 is 11.6 Å². The first kappa shape index (κ1) is 20.1. The number of halogens is 1. The lowest BCUT2D eigenvalue weighted by Gasteiger charge is -2.13. The molecule has 2 aromatic carbocycles. The molecule has 1 aromatic heterocycles. The second kappa shape index (κ2) is 10.1. The SMILES string of the molecule is CN(C)CCCNc1nc(NCc2ccc(Cl)cc2)cc(-c2ccccc2)n1. The van der Waals surface area contributed by atoms with Crippen LogP contribution in [0.5, 0.6) is 0 Å². The van der Waals surface area contributed by atoms with Crippen molar-refractivity contribution in [3.8, 4) is 11.3 Å². The van der Waals surface area contributed by atoms with Crippen molar-refractivity contribution in [3.63, 3.8) is 0 Å². The molecule has 0 aliphatic carbocycles. The Labute approximate surface area is 171 Å². The summed E-state index contributed by atoms with van der Waals surface area (Å²) in [7, 11) is 4.15. The quantitative estimate of drug-likeness (QED) is 0.511. The van der Waals surface area contributed by atoms with E-state index in [0.29, 0.717) is 12.5 Å². The molecule has 0 aliphatic heterocycles. The fourth-order valence-corrected chi connectivity index (χ4v) is 2.89. The first-order valence-corrected chi connectivity index (χ1v) is 9.79. The number of anilines is 2. The molecule has 1 heterocycles. The molecule has 0 saturated carbocycles. The van der Waals surface area contributed by atoms with Gasteiger partial charge in [-0.15, -0.1) is 0 Å². The molecule has 0 radical (unpaired) electrons. The van der Waals surface area contributed by atoms with Crippen LogP contribution in [0.2, 0.25) is 5.02 Å². The highest BCUT2D eigenvalue weighted by atomic mass is 35.5. The Morgan fingerprint density at radius 1 is 0.929 bits per heavy atom. The van der Waals surface area contributed by atoms with Crippen molar-refractivity contribution in [1.29, 1.82) is 0 Å². The molecule has 2 N–H and O–H groups in total. The lowest BCUT2D eigenvalue weighted by Crippen LogP contribution is -2.17. The molecular formula is C22H26ClN5. The van der Waals surface area contributed by atoms with Crippen LogP contribution in [0, 0.1) is 0 Å². The van der Waals surface area contributed by atoms with Crippen molar-refractivity contribution in [2.24, 2.45) is 0 Å². The Morgan fingerprint density at radius 2 is 1.68 bits per heavy atom. The van der Waals surface area contributed by atoms with E-state index in [1.807, 2.05) is 48.5 Å². The topological polar surface area (TPSA) is 53.1 Å². The second-order valence-electron chi connectivity index (χ2n) is 6.89. The number of hydrogen-bond donors (Lipinski definition) is 2. The van der Waals surface area contributed by atoms with Crippen molar-refractivity contribution in [2.45, 2.75) is 13.0 Å². The van der Waals surface area contributed by atoms with Gasteiger partial charge in [0.1, 0.15) is 5.82 Å². The Morgan fingerprint density at radius 3 is 2.39 bits per heavy atom. The Hall–Kier alpha value is -2.63. The van der Waals surface area contributed by atoms with Crippen molar-refractivity contribution in [2.75, 3.05) is 37.8 Å². The van der Waals surface area contributed by atoms with Crippen molar-refractivity contribution < 1.29 is 0 Å². The van der Waals surface area contributed by atoms with Crippen LogP contribution in [0.4, 0.5) is 11.8 Å². The van der Waals surface area contributed by atoms with E-state index in [1.165, 1.54) is 0 Å². The predicted molar refractivity (Wildman–Crippen MR) is 118 cm³/mol. The molecule has 0 saturated heterocycles. The minimum Gasteiger partial charge on any atom is -0.366 e. The van der Waals surface area contributed by atoms with Crippen molar-refractivity contribution in [3.05, 3.63) is 71.2 Å². The summed E-state index contributed by atoms with van der Waals surface area (Å²) >= 11 is 5.97. The van der Waals surface area contributed by atoms with E-state index >= 15 is 0 Å². The third-order valence-electron chi connectivity index (χ3n) is 4.25. The molecule has 6 heteroatoms. The number of aromatic nitrogens is 2. The average molecular weight is 396 g/mol. The molecule has 0 spiro atoms. The average Bonchev–Trinajstić information content (AvgIpc) is 2.71. The smallest absolute Gasteiger partial charge is 0.225 e. The second-order valence-corrected chi connectivity index (χ2v) is 7.33. The zero-order chi connectivity index (χ0) is 19.8. The molecule has 0 fully saturated rings. The standard InChI is InChI=1S/C22H26ClN5/c1-28(2)14-6-13-24-22-26-20(18-7-4-3-5-8-18)15-21(27-22)25-16-17-9-11-19(23)12-10-17/h3-5,7-12,15H,6,13-14,16H2,1-2H3,(H2,24,25,26,27). The van der Waals surface area contributed by atoms with Gasteiger partial charge in [0, 0.05) is 29.7 Å². The van der Waals surface area contributed by atoms with Crippen molar-refractivity contribution >= 4 is 23.4 Å². The monoisotopic (exact) mass is 395 g/mol.